The van der Waals surface area contributed by atoms with Crippen molar-refractivity contribution in [1.82, 2.24) is 5.32 Å². The van der Waals surface area contributed by atoms with E-state index in [-0.39, 0.29) is 18.1 Å². The standard InChI is InChI=1S/C19H16FNO/c20-18-11-4-2-7-15(18)12-19(22)21-13-16-9-5-8-14-6-1-3-10-17(14)16/h1-11H,12-13H2,(H,21,22). The maximum atomic E-state index is 13.5. The third kappa shape index (κ3) is 3.14. The fourth-order valence-electron chi connectivity index (χ4n) is 2.52. The lowest BCUT2D eigenvalue weighted by molar-refractivity contribution is -0.120. The first-order valence-electron chi connectivity index (χ1n) is 7.21. The van der Waals surface area contributed by atoms with Crippen LogP contribution in [0, 0.1) is 5.82 Å². The van der Waals surface area contributed by atoms with Gasteiger partial charge in [-0.2, -0.15) is 0 Å². The number of hydrogen-bond acceptors (Lipinski definition) is 1. The van der Waals surface area contributed by atoms with Gasteiger partial charge < -0.3 is 5.32 Å². The normalized spacial score (nSPS) is 10.6. The predicted molar refractivity (Wildman–Crippen MR) is 85.9 cm³/mol. The zero-order valence-corrected chi connectivity index (χ0v) is 12.1. The molecule has 0 aliphatic rings. The molecule has 1 N–H and O–H groups in total. The van der Waals surface area contributed by atoms with E-state index in [0.29, 0.717) is 12.1 Å². The number of fused-ring (bicyclic) bond motifs is 1. The van der Waals surface area contributed by atoms with E-state index in [1.165, 1.54) is 6.07 Å². The summed E-state index contributed by atoms with van der Waals surface area (Å²) in [7, 11) is 0. The van der Waals surface area contributed by atoms with Gasteiger partial charge in [-0.3, -0.25) is 4.79 Å². The molecule has 0 unspecified atom stereocenters. The number of rotatable bonds is 4. The number of halogens is 1. The number of benzene rings is 3. The largest absolute Gasteiger partial charge is 0.352 e. The number of nitrogens with one attached hydrogen (secondary N) is 1. The summed E-state index contributed by atoms with van der Waals surface area (Å²) in [6.07, 6.45) is 0.0530. The minimum Gasteiger partial charge on any atom is -0.352 e. The molecule has 0 fully saturated rings. The summed E-state index contributed by atoms with van der Waals surface area (Å²) >= 11 is 0. The van der Waals surface area contributed by atoms with E-state index in [0.717, 1.165) is 16.3 Å². The molecular weight excluding hydrogens is 277 g/mol. The fraction of sp³-hybridized carbons (Fsp3) is 0.105. The summed E-state index contributed by atoms with van der Waals surface area (Å²) < 4.78 is 13.5. The van der Waals surface area contributed by atoms with Crippen molar-refractivity contribution in [2.24, 2.45) is 0 Å². The van der Waals surface area contributed by atoms with Crippen molar-refractivity contribution in [2.75, 3.05) is 0 Å². The highest BCUT2D eigenvalue weighted by atomic mass is 19.1. The number of carbonyl (C=O) groups excluding carboxylic acids is 1. The molecular formula is C19H16FNO. The van der Waals surface area contributed by atoms with Crippen molar-refractivity contribution in [3.8, 4) is 0 Å². The van der Waals surface area contributed by atoms with Crippen molar-refractivity contribution in [2.45, 2.75) is 13.0 Å². The second-order valence-electron chi connectivity index (χ2n) is 5.18. The highest BCUT2D eigenvalue weighted by molar-refractivity contribution is 5.86. The van der Waals surface area contributed by atoms with Crippen LogP contribution in [-0.4, -0.2) is 5.91 Å². The molecule has 0 spiro atoms. The molecule has 3 aromatic rings. The van der Waals surface area contributed by atoms with Gasteiger partial charge >= 0.3 is 0 Å². The Labute approximate surface area is 128 Å². The Bertz CT molecular complexity index is 808. The molecule has 0 aromatic heterocycles. The molecule has 3 aromatic carbocycles. The Hall–Kier alpha value is -2.68. The Morgan fingerprint density at radius 2 is 1.55 bits per heavy atom. The van der Waals surface area contributed by atoms with Gasteiger partial charge in [0.05, 0.1) is 6.42 Å². The van der Waals surface area contributed by atoms with Crippen LogP contribution in [0.3, 0.4) is 0 Å². The summed E-state index contributed by atoms with van der Waals surface area (Å²) in [6, 6.07) is 20.4. The molecule has 0 aliphatic carbocycles. The second-order valence-corrected chi connectivity index (χ2v) is 5.18. The molecule has 0 saturated carbocycles. The molecule has 0 radical (unpaired) electrons. The van der Waals surface area contributed by atoms with Gasteiger partial charge in [-0.1, -0.05) is 60.7 Å². The van der Waals surface area contributed by atoms with Crippen LogP contribution < -0.4 is 5.32 Å². The molecule has 2 nitrogen and oxygen atoms in total. The van der Waals surface area contributed by atoms with Crippen LogP contribution in [0.1, 0.15) is 11.1 Å². The first-order valence-corrected chi connectivity index (χ1v) is 7.21. The zero-order valence-electron chi connectivity index (χ0n) is 12.1. The first-order chi connectivity index (χ1) is 10.7. The van der Waals surface area contributed by atoms with Crippen LogP contribution in [0.15, 0.2) is 66.7 Å². The van der Waals surface area contributed by atoms with Crippen molar-refractivity contribution in [3.63, 3.8) is 0 Å². The molecule has 0 atom stereocenters. The van der Waals surface area contributed by atoms with Gasteiger partial charge in [0.25, 0.3) is 0 Å². The average Bonchev–Trinajstić information content (AvgIpc) is 2.55. The van der Waals surface area contributed by atoms with Crippen molar-refractivity contribution in [1.29, 1.82) is 0 Å². The predicted octanol–water partition coefficient (Wildman–Crippen LogP) is 3.84. The maximum absolute atomic E-state index is 13.5. The fourth-order valence-corrected chi connectivity index (χ4v) is 2.52. The highest BCUT2D eigenvalue weighted by Crippen LogP contribution is 2.18. The first kappa shape index (κ1) is 14.3. The Morgan fingerprint density at radius 1 is 0.864 bits per heavy atom. The van der Waals surface area contributed by atoms with E-state index in [2.05, 4.69) is 5.32 Å². The molecule has 1 amide bonds. The molecule has 0 saturated heterocycles. The SMILES string of the molecule is O=C(Cc1ccccc1F)NCc1cccc2ccccc12. The Balaban J connectivity index is 1.69. The molecule has 110 valence electrons. The third-order valence-electron chi connectivity index (χ3n) is 3.66. The minimum absolute atomic E-state index is 0.0530. The van der Waals surface area contributed by atoms with Gasteiger partial charge in [-0.15, -0.1) is 0 Å². The quantitative estimate of drug-likeness (QED) is 0.778. The molecule has 0 heterocycles. The van der Waals surface area contributed by atoms with Gasteiger partial charge in [0, 0.05) is 6.54 Å². The van der Waals surface area contributed by atoms with Crippen LogP contribution in [0.2, 0.25) is 0 Å². The summed E-state index contributed by atoms with van der Waals surface area (Å²) in [5, 5.41) is 5.12. The van der Waals surface area contributed by atoms with Gasteiger partial charge in [0.15, 0.2) is 0 Å². The van der Waals surface area contributed by atoms with Crippen LogP contribution in [0.4, 0.5) is 4.39 Å². The molecule has 0 aliphatic heterocycles. The summed E-state index contributed by atoms with van der Waals surface area (Å²) in [5.74, 6) is -0.527. The topological polar surface area (TPSA) is 29.1 Å². The Kier molecular flexibility index (Phi) is 4.15. The van der Waals surface area contributed by atoms with Crippen LogP contribution in [0.25, 0.3) is 10.8 Å². The lowest BCUT2D eigenvalue weighted by atomic mass is 10.0. The van der Waals surface area contributed by atoms with Gasteiger partial charge in [-0.25, -0.2) is 4.39 Å². The van der Waals surface area contributed by atoms with E-state index in [9.17, 15) is 9.18 Å². The smallest absolute Gasteiger partial charge is 0.224 e. The highest BCUT2D eigenvalue weighted by Gasteiger charge is 2.08. The van der Waals surface area contributed by atoms with Crippen LogP contribution in [0.5, 0.6) is 0 Å². The summed E-state index contributed by atoms with van der Waals surface area (Å²) in [6.45, 7) is 0.439. The number of amides is 1. The second kappa shape index (κ2) is 6.39. The van der Waals surface area contributed by atoms with E-state index >= 15 is 0 Å². The lowest BCUT2D eigenvalue weighted by Gasteiger charge is -2.09. The van der Waals surface area contributed by atoms with E-state index in [1.807, 2.05) is 42.5 Å². The third-order valence-corrected chi connectivity index (χ3v) is 3.66. The van der Waals surface area contributed by atoms with Crippen molar-refractivity contribution in [3.05, 3.63) is 83.7 Å². The molecule has 0 bridgehead atoms. The average molecular weight is 293 g/mol. The molecule has 22 heavy (non-hydrogen) atoms. The van der Waals surface area contributed by atoms with E-state index in [1.54, 1.807) is 18.2 Å². The van der Waals surface area contributed by atoms with Gasteiger partial charge in [0.2, 0.25) is 5.91 Å². The van der Waals surface area contributed by atoms with Crippen LogP contribution in [-0.2, 0) is 17.8 Å². The van der Waals surface area contributed by atoms with Crippen LogP contribution >= 0.6 is 0 Å². The molecule has 3 heteroatoms. The maximum Gasteiger partial charge on any atom is 0.224 e. The summed E-state index contributed by atoms with van der Waals surface area (Å²) in [5.41, 5.74) is 1.47. The van der Waals surface area contributed by atoms with Gasteiger partial charge in [0.1, 0.15) is 5.82 Å². The number of hydrogen-bond donors (Lipinski definition) is 1. The van der Waals surface area contributed by atoms with Crippen molar-refractivity contribution < 1.29 is 9.18 Å². The van der Waals surface area contributed by atoms with Gasteiger partial charge in [-0.05, 0) is 28.0 Å². The summed E-state index contributed by atoms with van der Waals surface area (Å²) in [4.78, 5) is 12.0. The monoisotopic (exact) mass is 293 g/mol. The number of carbonyl (C=O) groups is 1. The zero-order chi connectivity index (χ0) is 15.4. The minimum atomic E-state index is -0.345. The molecule has 3 rings (SSSR count). The van der Waals surface area contributed by atoms with E-state index < -0.39 is 0 Å². The Morgan fingerprint density at radius 3 is 2.41 bits per heavy atom. The van der Waals surface area contributed by atoms with E-state index in [4.69, 9.17) is 0 Å². The van der Waals surface area contributed by atoms with Crippen molar-refractivity contribution >= 4 is 16.7 Å². The lowest BCUT2D eigenvalue weighted by Crippen LogP contribution is -2.25.